The number of rotatable bonds is 6. The Morgan fingerprint density at radius 2 is 2.00 bits per heavy atom. The monoisotopic (exact) mass is 250 g/mol. The number of nitrogens with one attached hydrogen (secondary N) is 1. The lowest BCUT2D eigenvalue weighted by Gasteiger charge is -2.26. The summed E-state index contributed by atoms with van der Waals surface area (Å²) in [5.74, 6) is 0. The maximum atomic E-state index is 4.35. The molecule has 1 fully saturated rings. The number of hydrogen-bond donors (Lipinski definition) is 1. The molecule has 0 spiro atoms. The zero-order valence-electron chi connectivity index (χ0n) is 11.9. The first-order chi connectivity index (χ1) is 8.66. The molecule has 0 aromatic carbocycles. The minimum Gasteiger partial charge on any atom is -0.348 e. The summed E-state index contributed by atoms with van der Waals surface area (Å²) < 4.78 is 0. The first-order valence-corrected chi connectivity index (χ1v) is 7.04. The van der Waals surface area contributed by atoms with E-state index in [0.717, 1.165) is 25.7 Å². The van der Waals surface area contributed by atoms with Crippen molar-refractivity contribution in [2.45, 2.75) is 45.2 Å². The van der Waals surface area contributed by atoms with Crippen LogP contribution in [0, 0.1) is 6.92 Å². The summed E-state index contributed by atoms with van der Waals surface area (Å²) in [7, 11) is 4.44. The van der Waals surface area contributed by atoms with E-state index in [2.05, 4.69) is 40.8 Å². The minimum absolute atomic E-state index is 0.825. The fraction of sp³-hybridized carbons (Fsp3) is 0.786. The first-order valence-electron chi connectivity index (χ1n) is 7.04. The van der Waals surface area contributed by atoms with Crippen molar-refractivity contribution in [3.63, 3.8) is 0 Å². The Morgan fingerprint density at radius 3 is 2.61 bits per heavy atom. The van der Waals surface area contributed by atoms with Crippen LogP contribution in [0.1, 0.15) is 37.1 Å². The lowest BCUT2D eigenvalue weighted by atomic mass is 10.2. The van der Waals surface area contributed by atoms with Gasteiger partial charge in [0.1, 0.15) is 0 Å². The summed E-state index contributed by atoms with van der Waals surface area (Å²) in [6.45, 7) is 5.29. The molecule has 0 unspecified atom stereocenters. The zero-order chi connectivity index (χ0) is 13.0. The van der Waals surface area contributed by atoms with Crippen molar-refractivity contribution in [1.29, 1.82) is 0 Å². The minimum atomic E-state index is 0.825. The van der Waals surface area contributed by atoms with E-state index in [1.807, 2.05) is 0 Å². The highest BCUT2D eigenvalue weighted by Crippen LogP contribution is 2.22. The first kappa shape index (κ1) is 13.6. The fourth-order valence-electron chi connectivity index (χ4n) is 2.74. The van der Waals surface area contributed by atoms with E-state index in [9.17, 15) is 0 Å². The van der Waals surface area contributed by atoms with Gasteiger partial charge in [0.25, 0.3) is 0 Å². The number of aryl methyl sites for hydroxylation is 1. The number of imidazole rings is 1. The summed E-state index contributed by atoms with van der Waals surface area (Å²) in [4.78, 5) is 12.4. The molecule has 1 aromatic heterocycles. The van der Waals surface area contributed by atoms with Crippen molar-refractivity contribution in [2.24, 2.45) is 0 Å². The van der Waals surface area contributed by atoms with Gasteiger partial charge in [-0.15, -0.1) is 0 Å². The van der Waals surface area contributed by atoms with Crippen LogP contribution in [0.5, 0.6) is 0 Å². The van der Waals surface area contributed by atoms with Crippen molar-refractivity contribution in [3.05, 3.63) is 17.7 Å². The van der Waals surface area contributed by atoms with Gasteiger partial charge in [-0.2, -0.15) is 0 Å². The van der Waals surface area contributed by atoms with Gasteiger partial charge in [-0.3, -0.25) is 4.90 Å². The van der Waals surface area contributed by atoms with Gasteiger partial charge in [0.15, 0.2) is 0 Å². The highest BCUT2D eigenvalue weighted by molar-refractivity contribution is 5.08. The predicted octanol–water partition coefficient (Wildman–Crippen LogP) is 2.02. The van der Waals surface area contributed by atoms with Gasteiger partial charge in [-0.25, -0.2) is 4.98 Å². The SMILES string of the molecule is Cc1[nH]cnc1CN(C)CCN(C)C1CCCC1. The quantitative estimate of drug-likeness (QED) is 0.839. The van der Waals surface area contributed by atoms with E-state index in [4.69, 9.17) is 0 Å². The molecule has 0 saturated heterocycles. The molecule has 0 aliphatic heterocycles. The molecule has 1 heterocycles. The standard InChI is InChI=1S/C14H26N4/c1-12-14(16-11-15-12)10-17(2)8-9-18(3)13-6-4-5-7-13/h11,13H,4-10H2,1-3H3,(H,15,16). The van der Waals surface area contributed by atoms with Crippen LogP contribution < -0.4 is 0 Å². The van der Waals surface area contributed by atoms with Crippen LogP contribution in [0.15, 0.2) is 6.33 Å². The van der Waals surface area contributed by atoms with E-state index < -0.39 is 0 Å². The number of hydrogen-bond acceptors (Lipinski definition) is 3. The molecule has 1 N–H and O–H groups in total. The molecule has 0 amide bonds. The molecule has 1 aromatic rings. The Labute approximate surface area is 110 Å². The molecule has 0 atom stereocenters. The Balaban J connectivity index is 1.71. The average Bonchev–Trinajstić information content (AvgIpc) is 2.99. The van der Waals surface area contributed by atoms with Crippen molar-refractivity contribution in [1.82, 2.24) is 19.8 Å². The Bertz CT molecular complexity index is 354. The van der Waals surface area contributed by atoms with Gasteiger partial charge in [0, 0.05) is 31.4 Å². The predicted molar refractivity (Wildman–Crippen MR) is 74.5 cm³/mol. The van der Waals surface area contributed by atoms with Crippen molar-refractivity contribution < 1.29 is 0 Å². The van der Waals surface area contributed by atoms with E-state index in [-0.39, 0.29) is 0 Å². The highest BCUT2D eigenvalue weighted by Gasteiger charge is 2.19. The molecule has 102 valence electrons. The van der Waals surface area contributed by atoms with Crippen LogP contribution in [-0.4, -0.2) is 53.0 Å². The smallest absolute Gasteiger partial charge is 0.0925 e. The van der Waals surface area contributed by atoms with E-state index in [0.29, 0.717) is 0 Å². The van der Waals surface area contributed by atoms with Crippen molar-refractivity contribution in [3.8, 4) is 0 Å². The third-order valence-corrected chi connectivity index (χ3v) is 4.14. The maximum Gasteiger partial charge on any atom is 0.0925 e. The maximum absolute atomic E-state index is 4.35. The highest BCUT2D eigenvalue weighted by atomic mass is 15.2. The second kappa shape index (κ2) is 6.34. The number of aromatic amines is 1. The molecule has 0 radical (unpaired) electrons. The fourth-order valence-corrected chi connectivity index (χ4v) is 2.74. The van der Waals surface area contributed by atoms with Crippen LogP contribution in [0.3, 0.4) is 0 Å². The normalized spacial score (nSPS) is 17.2. The van der Waals surface area contributed by atoms with Gasteiger partial charge < -0.3 is 9.88 Å². The van der Waals surface area contributed by atoms with E-state index >= 15 is 0 Å². The summed E-state index contributed by atoms with van der Waals surface area (Å²) >= 11 is 0. The summed E-state index contributed by atoms with van der Waals surface area (Å²) in [5.41, 5.74) is 2.35. The van der Waals surface area contributed by atoms with Crippen LogP contribution in [0.2, 0.25) is 0 Å². The lowest BCUT2D eigenvalue weighted by molar-refractivity contribution is 0.203. The third-order valence-electron chi connectivity index (χ3n) is 4.14. The number of likely N-dealkylation sites (N-methyl/N-ethyl adjacent to an activating group) is 2. The summed E-state index contributed by atoms with van der Waals surface area (Å²) in [6.07, 6.45) is 7.38. The van der Waals surface area contributed by atoms with Crippen molar-refractivity contribution >= 4 is 0 Å². The Hall–Kier alpha value is -0.870. The molecule has 1 aliphatic rings. The zero-order valence-corrected chi connectivity index (χ0v) is 11.9. The molecule has 4 nitrogen and oxygen atoms in total. The van der Waals surface area contributed by atoms with E-state index in [1.54, 1.807) is 6.33 Å². The van der Waals surface area contributed by atoms with Gasteiger partial charge in [-0.1, -0.05) is 12.8 Å². The summed E-state index contributed by atoms with van der Waals surface area (Å²) in [6, 6.07) is 0.825. The van der Waals surface area contributed by atoms with E-state index in [1.165, 1.54) is 37.1 Å². The van der Waals surface area contributed by atoms with Crippen LogP contribution in [0.25, 0.3) is 0 Å². The van der Waals surface area contributed by atoms with Crippen LogP contribution in [0.4, 0.5) is 0 Å². The van der Waals surface area contributed by atoms with Crippen LogP contribution >= 0.6 is 0 Å². The van der Waals surface area contributed by atoms with Crippen LogP contribution in [-0.2, 0) is 6.54 Å². The lowest BCUT2D eigenvalue weighted by Crippen LogP contribution is -2.36. The van der Waals surface area contributed by atoms with Gasteiger partial charge in [0.05, 0.1) is 12.0 Å². The summed E-state index contributed by atoms with van der Waals surface area (Å²) in [5, 5.41) is 0. The largest absolute Gasteiger partial charge is 0.348 e. The molecular weight excluding hydrogens is 224 g/mol. The number of nitrogens with zero attached hydrogens (tertiary/aromatic N) is 3. The Morgan fingerprint density at radius 1 is 1.28 bits per heavy atom. The van der Waals surface area contributed by atoms with Gasteiger partial charge >= 0.3 is 0 Å². The second-order valence-electron chi connectivity index (χ2n) is 5.63. The van der Waals surface area contributed by atoms with Crippen molar-refractivity contribution in [2.75, 3.05) is 27.2 Å². The second-order valence-corrected chi connectivity index (χ2v) is 5.63. The molecule has 1 saturated carbocycles. The van der Waals surface area contributed by atoms with Gasteiger partial charge in [0.2, 0.25) is 0 Å². The van der Waals surface area contributed by atoms with Gasteiger partial charge in [-0.05, 0) is 33.9 Å². The number of aromatic nitrogens is 2. The molecule has 18 heavy (non-hydrogen) atoms. The average molecular weight is 250 g/mol. The number of H-pyrrole nitrogens is 1. The Kier molecular flexibility index (Phi) is 4.78. The molecule has 2 rings (SSSR count). The molecule has 0 bridgehead atoms. The molecule has 4 heteroatoms. The third kappa shape index (κ3) is 3.56. The topological polar surface area (TPSA) is 35.2 Å². The molecule has 1 aliphatic carbocycles. The molecular formula is C14H26N4.